The Morgan fingerprint density at radius 1 is 1.27 bits per heavy atom. The Hall–Kier alpha value is -0.670. The number of carbonyl (C=O) groups excluding carboxylic acids is 1. The van der Waals surface area contributed by atoms with Gasteiger partial charge in [0.2, 0.25) is 0 Å². The Morgan fingerprint density at radius 3 is 2.68 bits per heavy atom. The Morgan fingerprint density at radius 2 is 2.00 bits per heavy atom. The van der Waals surface area contributed by atoms with Gasteiger partial charge < -0.3 is 10.2 Å². The minimum absolute atomic E-state index is 0.0393. The molecular formula is C19H30O3. The van der Waals surface area contributed by atoms with Gasteiger partial charge in [0.15, 0.2) is 0 Å². The Bertz CT molecular complexity index is 438. The quantitative estimate of drug-likeness (QED) is 0.784. The molecule has 0 aromatic rings. The molecule has 0 heterocycles. The van der Waals surface area contributed by atoms with Crippen LogP contribution in [0.4, 0.5) is 0 Å². The number of hydrogen-bond acceptors (Lipinski definition) is 3. The van der Waals surface area contributed by atoms with Crippen LogP contribution in [0.5, 0.6) is 0 Å². The van der Waals surface area contributed by atoms with Gasteiger partial charge in [-0.3, -0.25) is 4.79 Å². The van der Waals surface area contributed by atoms with E-state index < -0.39 is 6.10 Å². The molecule has 3 aliphatic rings. The smallest absolute Gasteiger partial charge is 0.139 e. The van der Waals surface area contributed by atoms with Gasteiger partial charge in [-0.25, -0.2) is 0 Å². The molecule has 2 N–H and O–H groups in total. The maximum Gasteiger partial charge on any atom is 0.139 e. The van der Waals surface area contributed by atoms with E-state index in [0.29, 0.717) is 24.5 Å². The zero-order chi connectivity index (χ0) is 15.7. The van der Waals surface area contributed by atoms with Crippen LogP contribution in [0.2, 0.25) is 0 Å². The molecule has 3 nitrogen and oxygen atoms in total. The SMILES string of the molecule is C[C@]12CC[C@@H](O)[C@H](C=C[C@@H](O)CC3CCCCC3)[C@H]1CC2=O. The summed E-state index contributed by atoms with van der Waals surface area (Å²) in [6.45, 7) is 2.05. The molecule has 3 rings (SSSR count). The van der Waals surface area contributed by atoms with E-state index in [2.05, 4.69) is 6.92 Å². The summed E-state index contributed by atoms with van der Waals surface area (Å²) in [7, 11) is 0. The van der Waals surface area contributed by atoms with Crippen molar-refractivity contribution in [2.24, 2.45) is 23.2 Å². The first-order chi connectivity index (χ1) is 10.5. The molecule has 5 atom stereocenters. The summed E-state index contributed by atoms with van der Waals surface area (Å²) in [6, 6.07) is 0. The maximum atomic E-state index is 11.9. The van der Waals surface area contributed by atoms with Crippen LogP contribution in [0.25, 0.3) is 0 Å². The number of carbonyl (C=O) groups is 1. The molecule has 0 bridgehead atoms. The first kappa shape index (κ1) is 16.2. The van der Waals surface area contributed by atoms with Gasteiger partial charge in [0.25, 0.3) is 0 Å². The number of aliphatic hydroxyl groups excluding tert-OH is 2. The third kappa shape index (κ3) is 3.03. The highest BCUT2D eigenvalue weighted by atomic mass is 16.3. The van der Waals surface area contributed by atoms with Crippen LogP contribution in [0.3, 0.4) is 0 Å². The Kier molecular flexibility index (Phi) is 4.75. The van der Waals surface area contributed by atoms with Crippen molar-refractivity contribution in [2.45, 2.75) is 76.9 Å². The van der Waals surface area contributed by atoms with Gasteiger partial charge in [-0.1, -0.05) is 51.2 Å². The van der Waals surface area contributed by atoms with Crippen molar-refractivity contribution in [1.82, 2.24) is 0 Å². The van der Waals surface area contributed by atoms with Crippen molar-refractivity contribution in [3.05, 3.63) is 12.2 Å². The summed E-state index contributed by atoms with van der Waals surface area (Å²) >= 11 is 0. The molecule has 0 amide bonds. The van der Waals surface area contributed by atoms with Crippen LogP contribution in [0, 0.1) is 23.2 Å². The van der Waals surface area contributed by atoms with Gasteiger partial charge in [0.05, 0.1) is 12.2 Å². The van der Waals surface area contributed by atoms with Crippen LogP contribution >= 0.6 is 0 Å². The predicted molar refractivity (Wildman–Crippen MR) is 86.3 cm³/mol. The molecule has 0 aromatic carbocycles. The Labute approximate surface area is 133 Å². The minimum atomic E-state index is -0.403. The van der Waals surface area contributed by atoms with Crippen molar-refractivity contribution >= 4 is 5.78 Å². The fourth-order valence-electron chi connectivity index (χ4n) is 4.89. The molecule has 3 saturated carbocycles. The lowest BCUT2D eigenvalue weighted by atomic mass is 9.50. The second kappa shape index (κ2) is 6.45. The lowest BCUT2D eigenvalue weighted by Crippen LogP contribution is -2.56. The van der Waals surface area contributed by atoms with Gasteiger partial charge in [-0.2, -0.15) is 0 Å². The molecule has 22 heavy (non-hydrogen) atoms. The standard InChI is InChI=1S/C19H30O3/c1-19-10-9-17(21)15(16(19)12-18(19)22)8-7-14(20)11-13-5-3-2-4-6-13/h7-8,13-17,20-21H,2-6,9-12H2,1H3/t14-,15-,16-,17-,19+/m1/s1. The second-order valence-corrected chi connectivity index (χ2v) is 8.03. The first-order valence-electron chi connectivity index (χ1n) is 9.08. The van der Waals surface area contributed by atoms with E-state index in [1.165, 1.54) is 32.1 Å². The van der Waals surface area contributed by atoms with Gasteiger partial charge in [0.1, 0.15) is 5.78 Å². The van der Waals surface area contributed by atoms with E-state index in [-0.39, 0.29) is 23.4 Å². The highest BCUT2D eigenvalue weighted by molar-refractivity contribution is 5.91. The number of hydrogen-bond donors (Lipinski definition) is 2. The zero-order valence-corrected chi connectivity index (χ0v) is 13.7. The van der Waals surface area contributed by atoms with Crippen molar-refractivity contribution in [3.8, 4) is 0 Å². The van der Waals surface area contributed by atoms with Crippen molar-refractivity contribution in [2.75, 3.05) is 0 Å². The molecule has 0 aliphatic heterocycles. The summed E-state index contributed by atoms with van der Waals surface area (Å²) in [5.41, 5.74) is -0.220. The largest absolute Gasteiger partial charge is 0.393 e. The van der Waals surface area contributed by atoms with E-state index in [4.69, 9.17) is 0 Å². The Balaban J connectivity index is 1.57. The highest BCUT2D eigenvalue weighted by Gasteiger charge is 2.57. The average molecular weight is 306 g/mol. The molecule has 0 spiro atoms. The highest BCUT2D eigenvalue weighted by Crippen LogP contribution is 2.55. The molecule has 3 aliphatic carbocycles. The first-order valence-corrected chi connectivity index (χ1v) is 9.08. The summed E-state index contributed by atoms with van der Waals surface area (Å²) in [4.78, 5) is 11.9. The molecular weight excluding hydrogens is 276 g/mol. The van der Waals surface area contributed by atoms with Crippen LogP contribution < -0.4 is 0 Å². The van der Waals surface area contributed by atoms with Gasteiger partial charge in [-0.15, -0.1) is 0 Å². The molecule has 0 unspecified atom stereocenters. The van der Waals surface area contributed by atoms with Crippen LogP contribution in [-0.2, 0) is 4.79 Å². The lowest BCUT2D eigenvalue weighted by molar-refractivity contribution is -0.157. The van der Waals surface area contributed by atoms with Crippen molar-refractivity contribution in [1.29, 1.82) is 0 Å². The van der Waals surface area contributed by atoms with E-state index in [1.54, 1.807) is 0 Å². The third-order valence-corrected chi connectivity index (χ3v) is 6.58. The topological polar surface area (TPSA) is 57.5 Å². The molecule has 0 radical (unpaired) electrons. The summed E-state index contributed by atoms with van der Waals surface area (Å²) in [6.07, 6.45) is 12.5. The fraction of sp³-hybridized carbons (Fsp3) is 0.842. The van der Waals surface area contributed by atoms with Gasteiger partial charge >= 0.3 is 0 Å². The van der Waals surface area contributed by atoms with Crippen LogP contribution in [0.1, 0.15) is 64.7 Å². The monoisotopic (exact) mass is 306 g/mol. The lowest BCUT2D eigenvalue weighted by Gasteiger charge is -2.53. The molecule has 0 aromatic heterocycles. The number of Topliss-reactive ketones (excluding diaryl/α,β-unsaturated/α-hetero) is 1. The number of aliphatic hydroxyl groups is 2. The predicted octanol–water partition coefficient (Wildman–Crippen LogP) is 3.24. The summed E-state index contributed by atoms with van der Waals surface area (Å²) in [5, 5.41) is 20.6. The number of ketones is 1. The van der Waals surface area contributed by atoms with E-state index in [1.807, 2.05) is 12.2 Å². The number of fused-ring (bicyclic) bond motifs is 1. The molecule has 3 heteroatoms. The number of rotatable bonds is 4. The third-order valence-electron chi connectivity index (χ3n) is 6.58. The van der Waals surface area contributed by atoms with E-state index >= 15 is 0 Å². The van der Waals surface area contributed by atoms with Crippen molar-refractivity contribution in [3.63, 3.8) is 0 Å². The van der Waals surface area contributed by atoms with Crippen LogP contribution in [-0.4, -0.2) is 28.2 Å². The van der Waals surface area contributed by atoms with E-state index in [9.17, 15) is 15.0 Å². The maximum absolute atomic E-state index is 11.9. The molecule has 0 saturated heterocycles. The van der Waals surface area contributed by atoms with Gasteiger partial charge in [0, 0.05) is 17.8 Å². The molecule has 3 fully saturated rings. The summed E-state index contributed by atoms with van der Waals surface area (Å²) < 4.78 is 0. The second-order valence-electron chi connectivity index (χ2n) is 8.03. The van der Waals surface area contributed by atoms with Crippen LogP contribution in [0.15, 0.2) is 12.2 Å². The van der Waals surface area contributed by atoms with Crippen molar-refractivity contribution < 1.29 is 15.0 Å². The zero-order valence-electron chi connectivity index (χ0n) is 13.7. The van der Waals surface area contributed by atoms with E-state index in [0.717, 1.165) is 12.8 Å². The van der Waals surface area contributed by atoms with Gasteiger partial charge in [-0.05, 0) is 31.1 Å². The summed E-state index contributed by atoms with van der Waals surface area (Å²) in [5.74, 6) is 1.31. The normalized spacial score (nSPS) is 41.2. The fourth-order valence-corrected chi connectivity index (χ4v) is 4.89. The minimum Gasteiger partial charge on any atom is -0.393 e. The molecule has 124 valence electrons. The average Bonchev–Trinajstić information content (AvgIpc) is 2.51.